The Kier molecular flexibility index (Phi) is 4.57. The van der Waals surface area contributed by atoms with Crippen molar-refractivity contribution in [2.75, 3.05) is 23.8 Å². The number of hydrogen-bond donors (Lipinski definition) is 3. The number of imidazole rings is 1. The standard InChI is InChI=1S/C13H21N5O/c1-3-5-14-11-8-18-7-6-15-13(18)12(17-11)16-10(4-2)9-19/h6-8,10,14,19H,3-5,9H2,1-2H3,(H,16,17). The molecular weight excluding hydrogens is 242 g/mol. The molecule has 2 aromatic rings. The van der Waals surface area contributed by atoms with Crippen LogP contribution in [-0.4, -0.2) is 38.7 Å². The number of nitrogens with one attached hydrogen (secondary N) is 2. The molecule has 0 aliphatic rings. The summed E-state index contributed by atoms with van der Waals surface area (Å²) in [5.41, 5.74) is 0.772. The van der Waals surface area contributed by atoms with Gasteiger partial charge < -0.3 is 20.1 Å². The zero-order chi connectivity index (χ0) is 13.7. The van der Waals surface area contributed by atoms with E-state index < -0.39 is 0 Å². The molecule has 2 aromatic heterocycles. The third-order valence-corrected chi connectivity index (χ3v) is 2.98. The van der Waals surface area contributed by atoms with E-state index in [2.05, 4.69) is 27.5 Å². The third kappa shape index (κ3) is 3.14. The molecule has 1 atom stereocenters. The van der Waals surface area contributed by atoms with Gasteiger partial charge in [0.25, 0.3) is 0 Å². The second-order valence-electron chi connectivity index (χ2n) is 4.49. The van der Waals surface area contributed by atoms with Gasteiger partial charge in [-0.15, -0.1) is 0 Å². The summed E-state index contributed by atoms with van der Waals surface area (Å²) < 4.78 is 1.93. The number of rotatable bonds is 7. The predicted octanol–water partition coefficient (Wildman–Crippen LogP) is 1.73. The number of hydrogen-bond acceptors (Lipinski definition) is 5. The lowest BCUT2D eigenvalue weighted by molar-refractivity contribution is 0.271. The van der Waals surface area contributed by atoms with Crippen LogP contribution in [0, 0.1) is 0 Å². The normalized spacial score (nSPS) is 12.6. The molecule has 19 heavy (non-hydrogen) atoms. The third-order valence-electron chi connectivity index (χ3n) is 2.98. The van der Waals surface area contributed by atoms with Gasteiger partial charge in [0.05, 0.1) is 18.8 Å². The van der Waals surface area contributed by atoms with Crippen molar-refractivity contribution in [2.45, 2.75) is 32.7 Å². The Balaban J connectivity index is 2.30. The van der Waals surface area contributed by atoms with Crippen molar-refractivity contribution in [2.24, 2.45) is 0 Å². The maximum absolute atomic E-state index is 9.29. The summed E-state index contributed by atoms with van der Waals surface area (Å²) in [5, 5.41) is 15.8. The number of aliphatic hydroxyl groups excluding tert-OH is 1. The number of aliphatic hydroxyl groups is 1. The molecule has 0 radical (unpaired) electrons. The van der Waals surface area contributed by atoms with Crippen molar-refractivity contribution in [3.05, 3.63) is 18.6 Å². The lowest BCUT2D eigenvalue weighted by atomic mass is 10.2. The molecule has 3 N–H and O–H groups in total. The van der Waals surface area contributed by atoms with Gasteiger partial charge in [0.2, 0.25) is 0 Å². The van der Waals surface area contributed by atoms with E-state index in [-0.39, 0.29) is 12.6 Å². The predicted molar refractivity (Wildman–Crippen MR) is 76.6 cm³/mol. The smallest absolute Gasteiger partial charge is 0.180 e. The number of fused-ring (bicyclic) bond motifs is 1. The van der Waals surface area contributed by atoms with Gasteiger partial charge in [-0.2, -0.15) is 0 Å². The average Bonchev–Trinajstić information content (AvgIpc) is 2.90. The van der Waals surface area contributed by atoms with Crippen LogP contribution in [0.25, 0.3) is 5.65 Å². The van der Waals surface area contributed by atoms with E-state index in [0.717, 1.165) is 30.9 Å². The van der Waals surface area contributed by atoms with E-state index in [1.165, 1.54) is 0 Å². The van der Waals surface area contributed by atoms with E-state index >= 15 is 0 Å². The van der Waals surface area contributed by atoms with E-state index in [1.54, 1.807) is 6.20 Å². The topological polar surface area (TPSA) is 74.5 Å². The fraction of sp³-hybridized carbons (Fsp3) is 0.538. The first-order chi connectivity index (χ1) is 9.28. The van der Waals surface area contributed by atoms with Crippen molar-refractivity contribution >= 4 is 17.3 Å². The van der Waals surface area contributed by atoms with Gasteiger partial charge in [0.15, 0.2) is 11.5 Å². The number of aromatic nitrogens is 3. The molecular formula is C13H21N5O. The molecule has 2 heterocycles. The second kappa shape index (κ2) is 6.38. The fourth-order valence-corrected chi connectivity index (χ4v) is 1.84. The molecule has 2 rings (SSSR count). The minimum atomic E-state index is -0.00516. The van der Waals surface area contributed by atoms with E-state index in [0.29, 0.717) is 5.82 Å². The molecule has 0 amide bonds. The van der Waals surface area contributed by atoms with Crippen LogP contribution in [0.5, 0.6) is 0 Å². The lowest BCUT2D eigenvalue weighted by Gasteiger charge is -2.16. The summed E-state index contributed by atoms with van der Waals surface area (Å²) in [4.78, 5) is 8.82. The fourth-order valence-electron chi connectivity index (χ4n) is 1.84. The van der Waals surface area contributed by atoms with Gasteiger partial charge in [-0.05, 0) is 12.8 Å². The molecule has 0 saturated carbocycles. The summed E-state index contributed by atoms with van der Waals surface area (Å²) in [7, 11) is 0. The van der Waals surface area contributed by atoms with Gasteiger partial charge in [-0.3, -0.25) is 0 Å². The van der Waals surface area contributed by atoms with Crippen LogP contribution in [0.3, 0.4) is 0 Å². The largest absolute Gasteiger partial charge is 0.394 e. The molecule has 0 aliphatic heterocycles. The quantitative estimate of drug-likeness (QED) is 0.709. The van der Waals surface area contributed by atoms with E-state index in [1.807, 2.05) is 23.7 Å². The molecule has 0 aliphatic carbocycles. The molecule has 0 saturated heterocycles. The Morgan fingerprint density at radius 2 is 2.26 bits per heavy atom. The maximum atomic E-state index is 9.29. The summed E-state index contributed by atoms with van der Waals surface area (Å²) in [5.74, 6) is 1.51. The van der Waals surface area contributed by atoms with Crippen LogP contribution in [0.1, 0.15) is 26.7 Å². The van der Waals surface area contributed by atoms with Crippen LogP contribution in [-0.2, 0) is 0 Å². The zero-order valence-electron chi connectivity index (χ0n) is 11.4. The van der Waals surface area contributed by atoms with Crippen molar-refractivity contribution in [1.82, 2.24) is 14.4 Å². The van der Waals surface area contributed by atoms with E-state index in [4.69, 9.17) is 0 Å². The highest BCUT2D eigenvalue weighted by molar-refractivity contribution is 5.65. The first-order valence-electron chi connectivity index (χ1n) is 6.73. The van der Waals surface area contributed by atoms with Crippen LogP contribution in [0.15, 0.2) is 18.6 Å². The van der Waals surface area contributed by atoms with Gasteiger partial charge in [0, 0.05) is 18.9 Å². The molecule has 0 bridgehead atoms. The Morgan fingerprint density at radius 1 is 1.42 bits per heavy atom. The van der Waals surface area contributed by atoms with Gasteiger partial charge >= 0.3 is 0 Å². The van der Waals surface area contributed by atoms with Crippen molar-refractivity contribution < 1.29 is 5.11 Å². The van der Waals surface area contributed by atoms with Crippen LogP contribution in [0.2, 0.25) is 0 Å². The summed E-state index contributed by atoms with van der Waals surface area (Å²) >= 11 is 0. The summed E-state index contributed by atoms with van der Waals surface area (Å²) in [6, 6.07) is -0.00516. The van der Waals surface area contributed by atoms with Crippen LogP contribution < -0.4 is 10.6 Å². The highest BCUT2D eigenvalue weighted by Gasteiger charge is 2.11. The van der Waals surface area contributed by atoms with E-state index in [9.17, 15) is 5.11 Å². The Labute approximate surface area is 112 Å². The zero-order valence-corrected chi connectivity index (χ0v) is 11.4. The Hall–Kier alpha value is -1.82. The lowest BCUT2D eigenvalue weighted by Crippen LogP contribution is -2.24. The average molecular weight is 263 g/mol. The molecule has 6 heteroatoms. The first kappa shape index (κ1) is 13.6. The summed E-state index contributed by atoms with van der Waals surface area (Å²) in [6.07, 6.45) is 7.42. The van der Waals surface area contributed by atoms with Gasteiger partial charge in [-0.25, -0.2) is 9.97 Å². The Morgan fingerprint density at radius 3 is 2.95 bits per heavy atom. The highest BCUT2D eigenvalue weighted by atomic mass is 16.3. The molecule has 1 unspecified atom stereocenters. The number of anilines is 2. The summed E-state index contributed by atoms with van der Waals surface area (Å²) in [6.45, 7) is 5.10. The molecule has 6 nitrogen and oxygen atoms in total. The van der Waals surface area contributed by atoms with Gasteiger partial charge in [0.1, 0.15) is 5.82 Å². The van der Waals surface area contributed by atoms with Crippen LogP contribution >= 0.6 is 0 Å². The van der Waals surface area contributed by atoms with Gasteiger partial charge in [-0.1, -0.05) is 13.8 Å². The number of nitrogens with zero attached hydrogens (tertiary/aromatic N) is 3. The minimum Gasteiger partial charge on any atom is -0.394 e. The second-order valence-corrected chi connectivity index (χ2v) is 4.49. The molecule has 0 fully saturated rings. The minimum absolute atomic E-state index is 0.00516. The van der Waals surface area contributed by atoms with Crippen molar-refractivity contribution in [1.29, 1.82) is 0 Å². The monoisotopic (exact) mass is 263 g/mol. The maximum Gasteiger partial charge on any atom is 0.180 e. The van der Waals surface area contributed by atoms with Crippen molar-refractivity contribution in [3.63, 3.8) is 0 Å². The van der Waals surface area contributed by atoms with Crippen LogP contribution in [0.4, 0.5) is 11.6 Å². The molecule has 104 valence electrons. The molecule has 0 aromatic carbocycles. The first-order valence-corrected chi connectivity index (χ1v) is 6.73. The highest BCUT2D eigenvalue weighted by Crippen LogP contribution is 2.17. The van der Waals surface area contributed by atoms with Crippen molar-refractivity contribution in [3.8, 4) is 0 Å². The molecule has 0 spiro atoms. The Bertz CT molecular complexity index is 521. The SMILES string of the molecule is CCCNc1cn2ccnc2c(NC(CC)CO)n1.